The van der Waals surface area contributed by atoms with Gasteiger partial charge in [-0.1, -0.05) is 84.4 Å². The van der Waals surface area contributed by atoms with E-state index in [0.717, 1.165) is 34.1 Å². The summed E-state index contributed by atoms with van der Waals surface area (Å²) in [5.74, 6) is 0. The molecule has 0 saturated carbocycles. The zero-order valence-electron chi connectivity index (χ0n) is 15.4. The largest absolute Gasteiger partial charge is 0.307 e. The van der Waals surface area contributed by atoms with Gasteiger partial charge in [0.05, 0.1) is 6.54 Å². The first-order valence-electron chi connectivity index (χ1n) is 9.26. The van der Waals surface area contributed by atoms with E-state index in [2.05, 4.69) is 29.6 Å². The predicted octanol–water partition coefficient (Wildman–Crippen LogP) is 4.94. The zero-order chi connectivity index (χ0) is 19.2. The van der Waals surface area contributed by atoms with Crippen LogP contribution in [0.4, 0.5) is 0 Å². The van der Waals surface area contributed by atoms with Crippen LogP contribution < -0.4 is 5.32 Å². The van der Waals surface area contributed by atoms with Crippen LogP contribution in [0.25, 0.3) is 11.3 Å². The minimum absolute atomic E-state index is 0.582. The maximum absolute atomic E-state index is 6.11. The van der Waals surface area contributed by atoms with Crippen LogP contribution in [0.2, 0.25) is 5.02 Å². The van der Waals surface area contributed by atoms with E-state index < -0.39 is 0 Å². The standard InChI is InChI=1S/C23H21ClN4/c24-21-13-7-10-19(14-21)17-28-26-22(16-25-15-18-8-3-1-4-9-18)23(27-28)20-11-5-2-6-12-20/h1-14,25H,15-17H2. The van der Waals surface area contributed by atoms with E-state index in [-0.39, 0.29) is 0 Å². The Morgan fingerprint density at radius 2 is 1.46 bits per heavy atom. The van der Waals surface area contributed by atoms with Crippen molar-refractivity contribution in [3.63, 3.8) is 0 Å². The van der Waals surface area contributed by atoms with E-state index in [1.165, 1.54) is 5.56 Å². The van der Waals surface area contributed by atoms with Crippen molar-refractivity contribution in [3.05, 3.63) is 107 Å². The SMILES string of the molecule is Clc1cccc(Cn2nc(CNCc3ccccc3)c(-c3ccccc3)n2)c1. The molecule has 0 amide bonds. The zero-order valence-corrected chi connectivity index (χ0v) is 16.2. The Hall–Kier alpha value is -2.95. The maximum Gasteiger partial charge on any atom is 0.117 e. The summed E-state index contributed by atoms with van der Waals surface area (Å²) in [4.78, 5) is 1.74. The van der Waals surface area contributed by atoms with Crippen molar-refractivity contribution in [3.8, 4) is 11.3 Å². The summed E-state index contributed by atoms with van der Waals surface area (Å²) in [6.07, 6.45) is 0. The molecule has 0 aliphatic heterocycles. The van der Waals surface area contributed by atoms with Gasteiger partial charge in [-0.05, 0) is 23.3 Å². The molecular weight excluding hydrogens is 368 g/mol. The van der Waals surface area contributed by atoms with Crippen molar-refractivity contribution in [1.82, 2.24) is 20.3 Å². The molecule has 4 rings (SSSR count). The molecule has 4 aromatic rings. The fraction of sp³-hybridized carbons (Fsp3) is 0.130. The van der Waals surface area contributed by atoms with E-state index in [4.69, 9.17) is 21.8 Å². The summed E-state index contributed by atoms with van der Waals surface area (Å²) >= 11 is 6.11. The number of rotatable bonds is 7. The highest BCUT2D eigenvalue weighted by molar-refractivity contribution is 6.30. The first-order chi connectivity index (χ1) is 13.8. The van der Waals surface area contributed by atoms with Crippen molar-refractivity contribution in [2.45, 2.75) is 19.6 Å². The number of nitrogens with one attached hydrogen (secondary N) is 1. The number of nitrogens with zero attached hydrogens (tertiary/aromatic N) is 3. The Bertz CT molecular complexity index is 1030. The van der Waals surface area contributed by atoms with Crippen molar-refractivity contribution in [2.75, 3.05) is 0 Å². The van der Waals surface area contributed by atoms with Crippen molar-refractivity contribution in [1.29, 1.82) is 0 Å². The molecule has 0 radical (unpaired) electrons. The summed E-state index contributed by atoms with van der Waals surface area (Å²) < 4.78 is 0. The lowest BCUT2D eigenvalue weighted by atomic mass is 10.1. The highest BCUT2D eigenvalue weighted by Crippen LogP contribution is 2.21. The second kappa shape index (κ2) is 8.83. The van der Waals surface area contributed by atoms with Gasteiger partial charge >= 0.3 is 0 Å². The summed E-state index contributed by atoms with van der Waals surface area (Å²) in [6, 6.07) is 28.3. The number of hydrogen-bond donors (Lipinski definition) is 1. The van der Waals surface area contributed by atoms with Crippen molar-refractivity contribution in [2.24, 2.45) is 0 Å². The summed E-state index contributed by atoms with van der Waals surface area (Å²) in [6.45, 7) is 2.02. The van der Waals surface area contributed by atoms with Crippen LogP contribution in [-0.2, 0) is 19.6 Å². The molecule has 1 N–H and O–H groups in total. The Morgan fingerprint density at radius 1 is 0.750 bits per heavy atom. The number of halogens is 1. The van der Waals surface area contributed by atoms with Gasteiger partial charge < -0.3 is 5.32 Å². The van der Waals surface area contributed by atoms with Gasteiger partial charge in [-0.25, -0.2) is 0 Å². The molecule has 1 aromatic heterocycles. The van der Waals surface area contributed by atoms with Crippen LogP contribution >= 0.6 is 11.6 Å². The first kappa shape index (κ1) is 18.4. The van der Waals surface area contributed by atoms with E-state index in [9.17, 15) is 0 Å². The average molecular weight is 389 g/mol. The highest BCUT2D eigenvalue weighted by atomic mass is 35.5. The lowest BCUT2D eigenvalue weighted by Crippen LogP contribution is -2.14. The molecule has 1 heterocycles. The second-order valence-corrected chi connectivity index (χ2v) is 7.05. The van der Waals surface area contributed by atoms with Crippen LogP contribution in [0.1, 0.15) is 16.8 Å². The molecule has 0 aliphatic rings. The van der Waals surface area contributed by atoms with E-state index >= 15 is 0 Å². The van der Waals surface area contributed by atoms with Crippen molar-refractivity contribution < 1.29 is 0 Å². The summed E-state index contributed by atoms with van der Waals surface area (Å²) in [5, 5.41) is 13.7. The summed E-state index contributed by atoms with van der Waals surface area (Å²) in [7, 11) is 0. The molecule has 3 aromatic carbocycles. The average Bonchev–Trinajstić information content (AvgIpc) is 3.12. The van der Waals surface area contributed by atoms with Crippen LogP contribution in [0.5, 0.6) is 0 Å². The molecule has 5 heteroatoms. The van der Waals surface area contributed by atoms with Gasteiger partial charge in [-0.3, -0.25) is 0 Å². The first-order valence-corrected chi connectivity index (χ1v) is 9.64. The third kappa shape index (κ3) is 4.66. The summed E-state index contributed by atoms with van der Waals surface area (Å²) in [5.41, 5.74) is 5.23. The number of hydrogen-bond acceptors (Lipinski definition) is 3. The molecule has 0 aliphatic carbocycles. The highest BCUT2D eigenvalue weighted by Gasteiger charge is 2.13. The molecule has 0 spiro atoms. The molecule has 0 saturated heterocycles. The normalized spacial score (nSPS) is 10.9. The topological polar surface area (TPSA) is 42.7 Å². The molecule has 28 heavy (non-hydrogen) atoms. The van der Waals surface area contributed by atoms with Crippen LogP contribution in [0, 0.1) is 0 Å². The fourth-order valence-corrected chi connectivity index (χ4v) is 3.32. The third-order valence-corrected chi connectivity index (χ3v) is 4.68. The monoisotopic (exact) mass is 388 g/mol. The van der Waals surface area contributed by atoms with Gasteiger partial charge in [0.2, 0.25) is 0 Å². The minimum Gasteiger partial charge on any atom is -0.307 e. The van der Waals surface area contributed by atoms with E-state index in [1.807, 2.05) is 60.7 Å². The second-order valence-electron chi connectivity index (χ2n) is 6.61. The Kier molecular flexibility index (Phi) is 5.80. The van der Waals surface area contributed by atoms with Gasteiger partial charge in [-0.15, -0.1) is 0 Å². The van der Waals surface area contributed by atoms with Gasteiger partial charge in [0.1, 0.15) is 11.4 Å². The van der Waals surface area contributed by atoms with Gasteiger partial charge in [-0.2, -0.15) is 15.0 Å². The van der Waals surface area contributed by atoms with Crippen LogP contribution in [0.3, 0.4) is 0 Å². The molecule has 0 fully saturated rings. The third-order valence-electron chi connectivity index (χ3n) is 4.45. The molecule has 0 bridgehead atoms. The Morgan fingerprint density at radius 3 is 2.21 bits per heavy atom. The van der Waals surface area contributed by atoms with Crippen LogP contribution in [0.15, 0.2) is 84.9 Å². The number of aromatic nitrogens is 3. The smallest absolute Gasteiger partial charge is 0.117 e. The fourth-order valence-electron chi connectivity index (χ4n) is 3.11. The lowest BCUT2D eigenvalue weighted by Gasteiger charge is -2.04. The van der Waals surface area contributed by atoms with E-state index in [1.54, 1.807) is 4.80 Å². The quantitative estimate of drug-likeness (QED) is 0.487. The van der Waals surface area contributed by atoms with Gasteiger partial charge in [0.25, 0.3) is 0 Å². The van der Waals surface area contributed by atoms with Gasteiger partial charge in [0, 0.05) is 23.7 Å². The molecule has 0 atom stereocenters. The van der Waals surface area contributed by atoms with Crippen molar-refractivity contribution >= 4 is 11.6 Å². The molecule has 4 nitrogen and oxygen atoms in total. The predicted molar refractivity (Wildman–Crippen MR) is 113 cm³/mol. The maximum atomic E-state index is 6.11. The molecule has 140 valence electrons. The van der Waals surface area contributed by atoms with Crippen LogP contribution in [-0.4, -0.2) is 15.0 Å². The minimum atomic E-state index is 0.582. The Labute approximate surface area is 169 Å². The molecular formula is C23H21ClN4. The number of benzene rings is 3. The lowest BCUT2D eigenvalue weighted by molar-refractivity contribution is 0.576. The van der Waals surface area contributed by atoms with Gasteiger partial charge in [0.15, 0.2) is 0 Å². The van der Waals surface area contributed by atoms with E-state index in [0.29, 0.717) is 13.1 Å². The molecule has 0 unspecified atom stereocenters. The Balaban J connectivity index is 1.55.